The molecule has 26 heavy (non-hydrogen) atoms. The second-order valence-electron chi connectivity index (χ2n) is 6.69. The van der Waals surface area contributed by atoms with Crippen LogP contribution < -0.4 is 5.32 Å². The minimum atomic E-state index is -4.28. The fraction of sp³-hybridized carbons (Fsp3) is 0.333. The number of allylic oxidation sites excluding steroid dienone is 1. The molecular weight excluding hydrogens is 354 g/mol. The number of fused-ring (bicyclic) bond motifs is 3. The van der Waals surface area contributed by atoms with Gasteiger partial charge in [-0.3, -0.25) is 0 Å². The smallest absolute Gasteiger partial charge is 0.379 e. The zero-order valence-electron chi connectivity index (χ0n) is 14.6. The first-order valence-corrected chi connectivity index (χ1v) is 9.61. The van der Waals surface area contributed by atoms with Crippen molar-refractivity contribution in [1.29, 1.82) is 0 Å². The van der Waals surface area contributed by atoms with Crippen molar-refractivity contribution in [2.75, 3.05) is 12.7 Å². The lowest BCUT2D eigenvalue weighted by atomic mass is 9.72. The maximum Gasteiger partial charge on any atom is 0.405 e. The van der Waals surface area contributed by atoms with Crippen LogP contribution >= 0.6 is 9.24 Å². The van der Waals surface area contributed by atoms with E-state index < -0.39 is 18.1 Å². The Bertz CT molecular complexity index is 752. The Labute approximate surface area is 154 Å². The van der Waals surface area contributed by atoms with Gasteiger partial charge >= 0.3 is 6.18 Å². The van der Waals surface area contributed by atoms with Crippen LogP contribution in [0.2, 0.25) is 0 Å². The number of nitrogens with one attached hydrogen (secondary N) is 1. The van der Waals surface area contributed by atoms with Gasteiger partial charge in [-0.25, -0.2) is 0 Å². The number of halogens is 3. The largest absolute Gasteiger partial charge is 0.405 e. The maximum absolute atomic E-state index is 12.8. The second kappa shape index (κ2) is 7.44. The third kappa shape index (κ3) is 3.40. The first kappa shape index (κ1) is 19.0. The zero-order valence-corrected chi connectivity index (χ0v) is 15.7. The lowest BCUT2D eigenvalue weighted by Gasteiger charge is -2.35. The van der Waals surface area contributed by atoms with Gasteiger partial charge in [0.15, 0.2) is 0 Å². The van der Waals surface area contributed by atoms with Crippen molar-refractivity contribution in [2.45, 2.75) is 30.9 Å². The van der Waals surface area contributed by atoms with E-state index in [9.17, 15) is 13.2 Å². The fourth-order valence-corrected chi connectivity index (χ4v) is 4.25. The summed E-state index contributed by atoms with van der Waals surface area (Å²) in [6.45, 7) is 3.00. The van der Waals surface area contributed by atoms with Crippen molar-refractivity contribution >= 4 is 9.24 Å². The highest BCUT2D eigenvalue weighted by molar-refractivity contribution is 7.16. The van der Waals surface area contributed by atoms with E-state index in [4.69, 9.17) is 0 Å². The molecule has 0 saturated carbocycles. The second-order valence-corrected chi connectivity index (χ2v) is 7.27. The van der Waals surface area contributed by atoms with Gasteiger partial charge in [0.1, 0.15) is 6.54 Å². The molecule has 0 heterocycles. The highest BCUT2D eigenvalue weighted by Crippen LogP contribution is 2.54. The Morgan fingerprint density at radius 2 is 1.50 bits per heavy atom. The maximum atomic E-state index is 12.8. The standard InChI is InChI=1S/C21H23F3NP/c1-15(25-14-21(22,23)24)20(12-6-7-13-26)18-10-4-2-8-16(18)17-9-3-5-11-19(17)20/h2-5,8-11,25H,1,6-7,12-14,26H2. The SMILES string of the molecule is C=C(NCC(F)(F)F)C1(CCCCP)c2ccccc2-c2ccccc21. The fourth-order valence-electron chi connectivity index (χ4n) is 3.96. The van der Waals surface area contributed by atoms with Gasteiger partial charge in [0.25, 0.3) is 0 Å². The number of rotatable bonds is 7. The average Bonchev–Trinajstić information content (AvgIpc) is 2.91. The van der Waals surface area contributed by atoms with E-state index in [1.807, 2.05) is 48.5 Å². The molecule has 1 nitrogen and oxygen atoms in total. The van der Waals surface area contributed by atoms with Crippen LogP contribution in [0.25, 0.3) is 11.1 Å². The molecule has 3 rings (SSSR count). The van der Waals surface area contributed by atoms with Gasteiger partial charge in [-0.15, -0.1) is 9.24 Å². The van der Waals surface area contributed by atoms with Crippen molar-refractivity contribution < 1.29 is 13.2 Å². The van der Waals surface area contributed by atoms with Crippen LogP contribution in [0.15, 0.2) is 60.8 Å². The van der Waals surface area contributed by atoms with Crippen molar-refractivity contribution in [3.05, 3.63) is 71.9 Å². The molecular formula is C21H23F3NP. The lowest BCUT2D eigenvalue weighted by molar-refractivity contribution is -0.123. The predicted octanol–water partition coefficient (Wildman–Crippen LogP) is 5.66. The molecule has 0 amide bonds. The van der Waals surface area contributed by atoms with Crippen molar-refractivity contribution in [3.63, 3.8) is 0 Å². The van der Waals surface area contributed by atoms with Gasteiger partial charge in [0, 0.05) is 5.70 Å². The molecule has 1 N–H and O–H groups in total. The van der Waals surface area contributed by atoms with E-state index in [1.165, 1.54) is 0 Å². The Morgan fingerprint density at radius 1 is 0.962 bits per heavy atom. The molecule has 0 aliphatic heterocycles. The molecule has 2 aromatic carbocycles. The first-order valence-electron chi connectivity index (χ1n) is 8.79. The molecule has 0 saturated heterocycles. The van der Waals surface area contributed by atoms with E-state index in [1.54, 1.807) is 0 Å². The van der Waals surface area contributed by atoms with Gasteiger partial charge in [-0.1, -0.05) is 61.5 Å². The van der Waals surface area contributed by atoms with Crippen LogP contribution in [0, 0.1) is 0 Å². The van der Waals surface area contributed by atoms with Crippen LogP contribution in [-0.4, -0.2) is 18.9 Å². The molecule has 0 bridgehead atoms. The zero-order chi connectivity index (χ0) is 18.8. The van der Waals surface area contributed by atoms with Gasteiger partial charge in [-0.05, 0) is 41.3 Å². The topological polar surface area (TPSA) is 12.0 Å². The highest BCUT2D eigenvalue weighted by Gasteiger charge is 2.45. The molecule has 0 radical (unpaired) electrons. The van der Waals surface area contributed by atoms with Gasteiger partial charge in [0.05, 0.1) is 5.41 Å². The van der Waals surface area contributed by atoms with Crippen LogP contribution in [0.1, 0.15) is 30.4 Å². The Balaban J connectivity index is 2.09. The van der Waals surface area contributed by atoms with E-state index in [2.05, 4.69) is 21.1 Å². The number of hydrogen-bond donors (Lipinski definition) is 1. The summed E-state index contributed by atoms with van der Waals surface area (Å²) in [6, 6.07) is 16.0. The summed E-state index contributed by atoms with van der Waals surface area (Å²) in [5.41, 5.74) is 4.07. The third-order valence-electron chi connectivity index (χ3n) is 5.09. The molecule has 1 atom stereocenters. The summed E-state index contributed by atoms with van der Waals surface area (Å²) >= 11 is 0. The Hall–Kier alpha value is -1.80. The minimum Gasteiger partial charge on any atom is -0.379 e. The van der Waals surface area contributed by atoms with E-state index in [0.29, 0.717) is 5.70 Å². The summed E-state index contributed by atoms with van der Waals surface area (Å²) in [7, 11) is 2.71. The molecule has 0 fully saturated rings. The monoisotopic (exact) mass is 377 g/mol. The molecule has 5 heteroatoms. The van der Waals surface area contributed by atoms with Crippen molar-refractivity contribution in [1.82, 2.24) is 5.32 Å². The molecule has 0 spiro atoms. The van der Waals surface area contributed by atoms with Gasteiger partial charge < -0.3 is 5.32 Å². The van der Waals surface area contributed by atoms with Gasteiger partial charge in [-0.2, -0.15) is 13.2 Å². The van der Waals surface area contributed by atoms with Crippen LogP contribution in [0.3, 0.4) is 0 Å². The number of unbranched alkanes of at least 4 members (excludes halogenated alkanes) is 1. The Kier molecular flexibility index (Phi) is 5.43. The van der Waals surface area contributed by atoms with Crippen molar-refractivity contribution in [2.24, 2.45) is 0 Å². The summed E-state index contributed by atoms with van der Waals surface area (Å²) in [5, 5.41) is 2.59. The van der Waals surface area contributed by atoms with E-state index >= 15 is 0 Å². The van der Waals surface area contributed by atoms with E-state index in [0.717, 1.165) is 47.7 Å². The van der Waals surface area contributed by atoms with Crippen molar-refractivity contribution in [3.8, 4) is 11.1 Å². The Morgan fingerprint density at radius 3 is 2.00 bits per heavy atom. The summed E-state index contributed by atoms with van der Waals surface area (Å²) in [4.78, 5) is 0. The normalized spacial score (nSPS) is 14.6. The van der Waals surface area contributed by atoms with E-state index in [-0.39, 0.29) is 0 Å². The number of hydrogen-bond acceptors (Lipinski definition) is 1. The van der Waals surface area contributed by atoms with Gasteiger partial charge in [0.2, 0.25) is 0 Å². The summed E-state index contributed by atoms with van der Waals surface area (Å²) < 4.78 is 38.5. The molecule has 138 valence electrons. The number of alkyl halides is 3. The molecule has 2 aromatic rings. The summed E-state index contributed by atoms with van der Waals surface area (Å²) in [6.07, 6.45) is -0.648. The summed E-state index contributed by atoms with van der Waals surface area (Å²) in [5.74, 6) is 0. The molecule has 1 aliphatic rings. The first-order chi connectivity index (χ1) is 12.4. The molecule has 1 unspecified atom stereocenters. The minimum absolute atomic E-state index is 0.427. The average molecular weight is 377 g/mol. The molecule has 1 aliphatic carbocycles. The molecule has 0 aromatic heterocycles. The van der Waals surface area contributed by atoms with Crippen LogP contribution in [-0.2, 0) is 5.41 Å². The quantitative estimate of drug-likeness (QED) is 0.485. The third-order valence-corrected chi connectivity index (χ3v) is 5.50. The highest BCUT2D eigenvalue weighted by atomic mass is 31.0. The predicted molar refractivity (Wildman–Crippen MR) is 104 cm³/mol. The lowest BCUT2D eigenvalue weighted by Crippen LogP contribution is -2.39. The van der Waals surface area contributed by atoms with Crippen LogP contribution in [0.5, 0.6) is 0 Å². The number of benzene rings is 2. The van der Waals surface area contributed by atoms with Crippen LogP contribution in [0.4, 0.5) is 13.2 Å².